The van der Waals surface area contributed by atoms with E-state index in [1.807, 2.05) is 0 Å². The first-order chi connectivity index (χ1) is 7.80. The summed E-state index contributed by atoms with van der Waals surface area (Å²) in [5, 5.41) is 36.0. The van der Waals surface area contributed by atoms with E-state index in [0.717, 1.165) is 0 Å². The van der Waals surface area contributed by atoms with Gasteiger partial charge in [0.1, 0.15) is 18.3 Å². The van der Waals surface area contributed by atoms with E-state index in [0.29, 0.717) is 0 Å². The summed E-state index contributed by atoms with van der Waals surface area (Å²) in [5.74, 6) is 0. The highest BCUT2D eigenvalue weighted by molar-refractivity contribution is 7.80. The first-order valence-corrected chi connectivity index (χ1v) is 5.75. The number of ether oxygens (including phenoxy) is 1. The van der Waals surface area contributed by atoms with Crippen molar-refractivity contribution in [1.82, 2.24) is 0 Å². The second kappa shape index (κ2) is 5.51. The Labute approximate surface area is 95.8 Å². The van der Waals surface area contributed by atoms with Gasteiger partial charge in [0.2, 0.25) is 0 Å². The van der Waals surface area contributed by atoms with Crippen LogP contribution in [0.1, 0.15) is 0 Å². The van der Waals surface area contributed by atoms with Gasteiger partial charge >= 0.3 is 10.4 Å². The number of hydrogen-bond acceptors (Lipinski definition) is 9. The Kier molecular flexibility index (Phi) is 4.77. The predicted molar refractivity (Wildman–Crippen MR) is 47.9 cm³/mol. The summed E-state index contributed by atoms with van der Waals surface area (Å²) >= 11 is 0. The fourth-order valence-corrected chi connectivity index (χ4v) is 1.95. The summed E-state index contributed by atoms with van der Waals surface area (Å²) in [6.07, 6.45) is -8.51. The van der Waals surface area contributed by atoms with Crippen LogP contribution in [0.15, 0.2) is 0 Å². The molecule has 0 aromatic carbocycles. The summed E-state index contributed by atoms with van der Waals surface area (Å²) in [6.45, 7) is -0.799. The average molecular weight is 276 g/mol. The molecular weight excluding hydrogens is 264 g/mol. The van der Waals surface area contributed by atoms with Gasteiger partial charge < -0.3 is 20.1 Å². The molecule has 0 saturated carbocycles. The van der Waals surface area contributed by atoms with Gasteiger partial charge in [-0.3, -0.25) is 9.81 Å². The van der Waals surface area contributed by atoms with E-state index in [1.165, 1.54) is 0 Å². The third-order valence-corrected chi connectivity index (χ3v) is 2.63. The molecule has 0 radical (unpaired) electrons. The van der Waals surface area contributed by atoms with Crippen molar-refractivity contribution in [3.63, 3.8) is 0 Å². The van der Waals surface area contributed by atoms with Crippen LogP contribution in [0.25, 0.3) is 0 Å². The van der Waals surface area contributed by atoms with Crippen molar-refractivity contribution in [2.45, 2.75) is 30.7 Å². The van der Waals surface area contributed by atoms with E-state index in [1.54, 1.807) is 0 Å². The lowest BCUT2D eigenvalue weighted by atomic mass is 9.99. The topological polar surface area (TPSA) is 163 Å². The van der Waals surface area contributed by atoms with Crippen molar-refractivity contribution in [3.05, 3.63) is 0 Å². The van der Waals surface area contributed by atoms with Crippen LogP contribution in [-0.4, -0.2) is 70.9 Å². The summed E-state index contributed by atoms with van der Waals surface area (Å²) in [7, 11) is -4.92. The quantitative estimate of drug-likeness (QED) is 0.204. The molecule has 1 heterocycles. The third kappa shape index (κ3) is 3.54. The lowest BCUT2D eigenvalue weighted by Crippen LogP contribution is -2.60. The van der Waals surface area contributed by atoms with E-state index >= 15 is 0 Å². The molecule has 5 atom stereocenters. The van der Waals surface area contributed by atoms with Crippen molar-refractivity contribution in [3.8, 4) is 0 Å². The molecule has 0 aromatic heterocycles. The van der Waals surface area contributed by atoms with Gasteiger partial charge in [0.15, 0.2) is 12.4 Å². The summed E-state index contributed by atoms with van der Waals surface area (Å²) in [6, 6.07) is 0. The third-order valence-electron chi connectivity index (χ3n) is 2.17. The Hall–Kier alpha value is -0.370. The van der Waals surface area contributed by atoms with Crippen LogP contribution in [0.4, 0.5) is 0 Å². The highest BCUT2D eigenvalue weighted by Crippen LogP contribution is 2.24. The molecule has 0 aromatic rings. The van der Waals surface area contributed by atoms with E-state index < -0.39 is 47.7 Å². The minimum absolute atomic E-state index is 0.799. The SMILES string of the molecule is O=S(=O)(O)O[C@@H]1[C@H](O)[C@@H](OO)[C@H](O)O[C@@H]1CO. The minimum Gasteiger partial charge on any atom is -0.394 e. The molecule has 1 rings (SSSR count). The zero-order valence-corrected chi connectivity index (χ0v) is 9.10. The fourth-order valence-electron chi connectivity index (χ4n) is 1.43. The highest BCUT2D eigenvalue weighted by Gasteiger charge is 2.48. The maximum absolute atomic E-state index is 10.5. The Balaban J connectivity index is 2.89. The Bertz CT molecular complexity index is 341. The van der Waals surface area contributed by atoms with Crippen LogP contribution in [0, 0.1) is 0 Å². The van der Waals surface area contributed by atoms with Gasteiger partial charge in [-0.1, -0.05) is 0 Å². The fraction of sp³-hybridized carbons (Fsp3) is 1.00. The van der Waals surface area contributed by atoms with Gasteiger partial charge in [-0.25, -0.2) is 9.07 Å². The van der Waals surface area contributed by atoms with Crippen molar-refractivity contribution in [2.75, 3.05) is 6.61 Å². The van der Waals surface area contributed by atoms with Crippen LogP contribution in [0.2, 0.25) is 0 Å². The monoisotopic (exact) mass is 276 g/mol. The van der Waals surface area contributed by atoms with Crippen LogP contribution < -0.4 is 0 Å². The number of aliphatic hydroxyl groups excluding tert-OH is 3. The molecule has 0 bridgehead atoms. The van der Waals surface area contributed by atoms with E-state index in [4.69, 9.17) is 14.9 Å². The van der Waals surface area contributed by atoms with Gasteiger partial charge in [-0.2, -0.15) is 8.42 Å². The smallest absolute Gasteiger partial charge is 0.394 e. The second-order valence-electron chi connectivity index (χ2n) is 3.30. The van der Waals surface area contributed by atoms with Crippen LogP contribution in [-0.2, 0) is 24.2 Å². The molecule has 10 nitrogen and oxygen atoms in total. The summed E-state index contributed by atoms with van der Waals surface area (Å²) in [4.78, 5) is 3.69. The van der Waals surface area contributed by atoms with Gasteiger partial charge in [0.25, 0.3) is 0 Å². The van der Waals surface area contributed by atoms with Crippen molar-refractivity contribution in [1.29, 1.82) is 0 Å². The molecule has 0 spiro atoms. The molecule has 1 saturated heterocycles. The van der Waals surface area contributed by atoms with Crippen LogP contribution in [0.5, 0.6) is 0 Å². The van der Waals surface area contributed by atoms with Crippen LogP contribution in [0.3, 0.4) is 0 Å². The first-order valence-electron chi connectivity index (χ1n) is 4.38. The Morgan fingerprint density at radius 3 is 2.24 bits per heavy atom. The molecule has 11 heteroatoms. The number of hydrogen-bond donors (Lipinski definition) is 5. The van der Waals surface area contributed by atoms with E-state index in [9.17, 15) is 18.6 Å². The predicted octanol–water partition coefficient (Wildman–Crippen LogP) is -2.90. The summed E-state index contributed by atoms with van der Waals surface area (Å²) < 4.78 is 38.2. The standard InChI is InChI=1S/C6H12O10S/c7-1-2-4(16-17(11,12)13)3(8)5(15-10)6(9)14-2/h2-10H,1H2,(H,11,12,13)/t2-,3+,4+,5-,6-/m1/s1. The maximum atomic E-state index is 10.5. The van der Waals surface area contributed by atoms with Crippen molar-refractivity contribution < 1.29 is 47.4 Å². The molecule has 1 fully saturated rings. The molecular formula is C6H12O10S. The zero-order chi connectivity index (χ0) is 13.2. The largest absolute Gasteiger partial charge is 0.397 e. The maximum Gasteiger partial charge on any atom is 0.397 e. The van der Waals surface area contributed by atoms with Crippen molar-refractivity contribution in [2.24, 2.45) is 0 Å². The normalized spacial score (nSPS) is 39.2. The van der Waals surface area contributed by atoms with Gasteiger partial charge in [-0.15, -0.1) is 0 Å². The highest BCUT2D eigenvalue weighted by atomic mass is 32.3. The average Bonchev–Trinajstić information content (AvgIpc) is 2.21. The molecule has 17 heavy (non-hydrogen) atoms. The Morgan fingerprint density at radius 1 is 1.24 bits per heavy atom. The van der Waals surface area contributed by atoms with E-state index in [2.05, 4.69) is 13.8 Å². The number of rotatable bonds is 4. The van der Waals surface area contributed by atoms with Crippen LogP contribution >= 0.6 is 0 Å². The van der Waals surface area contributed by atoms with E-state index in [-0.39, 0.29) is 0 Å². The molecule has 102 valence electrons. The lowest BCUT2D eigenvalue weighted by Gasteiger charge is -2.39. The zero-order valence-electron chi connectivity index (χ0n) is 8.28. The molecule has 1 aliphatic heterocycles. The first kappa shape index (κ1) is 14.7. The lowest BCUT2D eigenvalue weighted by molar-refractivity contribution is -0.379. The van der Waals surface area contributed by atoms with Crippen molar-refractivity contribution >= 4 is 10.4 Å². The molecule has 0 amide bonds. The summed E-state index contributed by atoms with van der Waals surface area (Å²) in [5.41, 5.74) is 0. The molecule has 1 aliphatic rings. The van der Waals surface area contributed by atoms with Gasteiger partial charge in [-0.05, 0) is 0 Å². The second-order valence-corrected chi connectivity index (χ2v) is 4.34. The number of aliphatic hydroxyl groups is 3. The molecule has 0 unspecified atom stereocenters. The molecule has 0 aliphatic carbocycles. The van der Waals surface area contributed by atoms with Gasteiger partial charge in [0, 0.05) is 0 Å². The van der Waals surface area contributed by atoms with Gasteiger partial charge in [0.05, 0.1) is 6.61 Å². The Morgan fingerprint density at radius 2 is 1.82 bits per heavy atom. The molecule has 5 N–H and O–H groups in total. The minimum atomic E-state index is -4.92.